The minimum Gasteiger partial charge on any atom is -0.491 e. The molecule has 2 aromatic rings. The monoisotopic (exact) mass is 403 g/mol. The van der Waals surface area contributed by atoms with Crippen LogP contribution in [0.4, 0.5) is 0 Å². The molecule has 0 fully saturated rings. The van der Waals surface area contributed by atoms with Crippen LogP contribution in [0.2, 0.25) is 0 Å². The molecule has 0 saturated heterocycles. The van der Waals surface area contributed by atoms with Gasteiger partial charge in [-0.2, -0.15) is 0 Å². The summed E-state index contributed by atoms with van der Waals surface area (Å²) < 4.78 is 28.7. The molecule has 0 aliphatic carbocycles. The topological polar surface area (TPSA) is 92.9 Å². The Balaban J connectivity index is 1.81. The molecule has 3 rings (SSSR count). The number of amides is 1. The number of carbonyl (C=O) groups is 1. The van der Waals surface area contributed by atoms with Crippen LogP contribution in [0.15, 0.2) is 53.4 Å². The highest BCUT2D eigenvalue weighted by Gasteiger charge is 2.29. The van der Waals surface area contributed by atoms with Gasteiger partial charge in [0.2, 0.25) is 15.9 Å². The van der Waals surface area contributed by atoms with Crippen molar-refractivity contribution in [2.75, 3.05) is 27.2 Å². The van der Waals surface area contributed by atoms with Gasteiger partial charge in [-0.25, -0.2) is 13.6 Å². The molecule has 2 N–H and O–H groups in total. The summed E-state index contributed by atoms with van der Waals surface area (Å²) in [6, 6.07) is 13.8. The predicted molar refractivity (Wildman–Crippen MR) is 106 cm³/mol. The Morgan fingerprint density at radius 1 is 1.18 bits per heavy atom. The Bertz CT molecular complexity index is 942. The van der Waals surface area contributed by atoms with Crippen molar-refractivity contribution in [3.63, 3.8) is 0 Å². The number of benzene rings is 2. The number of para-hydroxylation sites is 1. The molecule has 1 amide bonds. The number of hydrogen-bond acceptors (Lipinski definition) is 5. The molecule has 150 valence electrons. The molecule has 1 aliphatic rings. The molecule has 0 unspecified atom stereocenters. The van der Waals surface area contributed by atoms with Gasteiger partial charge in [-0.3, -0.25) is 4.79 Å². The van der Waals surface area contributed by atoms with Gasteiger partial charge in [0, 0.05) is 18.7 Å². The summed E-state index contributed by atoms with van der Waals surface area (Å²) in [5.41, 5.74) is 1.71. The first-order chi connectivity index (χ1) is 13.2. The summed E-state index contributed by atoms with van der Waals surface area (Å²) in [5.74, 6) is 0.773. The van der Waals surface area contributed by atoms with Crippen LogP contribution < -0.4 is 9.88 Å². The van der Waals surface area contributed by atoms with Crippen LogP contribution in [0.3, 0.4) is 0 Å². The molecule has 1 aliphatic heterocycles. The van der Waals surface area contributed by atoms with Crippen molar-refractivity contribution in [3.05, 3.63) is 59.7 Å². The van der Waals surface area contributed by atoms with Crippen LogP contribution in [0, 0.1) is 0 Å². The van der Waals surface area contributed by atoms with Crippen molar-refractivity contribution in [2.45, 2.75) is 23.9 Å². The Morgan fingerprint density at radius 2 is 1.86 bits per heavy atom. The third-order valence-corrected chi connectivity index (χ3v) is 5.62. The summed E-state index contributed by atoms with van der Waals surface area (Å²) in [6.07, 6.45) is 0.178. The number of fused-ring (bicyclic) bond motifs is 1. The molecule has 0 radical (unpaired) electrons. The van der Waals surface area contributed by atoms with E-state index in [9.17, 15) is 13.2 Å². The highest BCUT2D eigenvalue weighted by Crippen LogP contribution is 2.25. The van der Waals surface area contributed by atoms with Gasteiger partial charge in [-0.1, -0.05) is 30.3 Å². The Labute approximate surface area is 165 Å². The van der Waals surface area contributed by atoms with Gasteiger partial charge in [0.05, 0.1) is 17.4 Å². The number of rotatable bonds is 5. The number of likely N-dealkylation sites (N-methyl/N-ethyl adjacent to an activating group) is 1. The number of hydrogen-bond donors (Lipinski definition) is 1. The summed E-state index contributed by atoms with van der Waals surface area (Å²) in [7, 11) is 0.183. The Kier molecular flexibility index (Phi) is 6.02. The molecule has 7 nitrogen and oxygen atoms in total. The van der Waals surface area contributed by atoms with Crippen LogP contribution in [0.25, 0.3) is 0 Å². The van der Waals surface area contributed by atoms with E-state index in [4.69, 9.17) is 9.88 Å². The molecule has 0 spiro atoms. The van der Waals surface area contributed by atoms with E-state index < -0.39 is 10.0 Å². The number of nitrogens with zero attached hydrogens (tertiary/aromatic N) is 2. The van der Waals surface area contributed by atoms with Gasteiger partial charge in [0.25, 0.3) is 0 Å². The minimum atomic E-state index is -3.75. The van der Waals surface area contributed by atoms with E-state index in [2.05, 4.69) is 0 Å². The van der Waals surface area contributed by atoms with Crippen LogP contribution in [-0.4, -0.2) is 57.4 Å². The lowest BCUT2D eigenvalue weighted by atomic mass is 10.1. The lowest BCUT2D eigenvalue weighted by Gasteiger charge is -2.31. The second-order valence-electron chi connectivity index (χ2n) is 7.22. The first-order valence-electron chi connectivity index (χ1n) is 9.00. The fourth-order valence-electron chi connectivity index (χ4n) is 3.30. The van der Waals surface area contributed by atoms with E-state index in [0.29, 0.717) is 19.7 Å². The molecule has 0 bridgehead atoms. The van der Waals surface area contributed by atoms with Crippen molar-refractivity contribution < 1.29 is 17.9 Å². The van der Waals surface area contributed by atoms with E-state index in [1.807, 2.05) is 48.2 Å². The van der Waals surface area contributed by atoms with Crippen LogP contribution in [-0.2, 0) is 27.8 Å². The third-order valence-electron chi connectivity index (χ3n) is 4.69. The number of nitrogens with two attached hydrogens (primary N) is 1. The van der Waals surface area contributed by atoms with Crippen molar-refractivity contribution in [1.82, 2.24) is 9.80 Å². The summed E-state index contributed by atoms with van der Waals surface area (Å²) in [6.45, 7) is 1.58. The molecule has 2 aromatic carbocycles. The quantitative estimate of drug-likeness (QED) is 0.811. The zero-order chi connectivity index (χ0) is 20.3. The van der Waals surface area contributed by atoms with Crippen LogP contribution >= 0.6 is 0 Å². The van der Waals surface area contributed by atoms with Crippen molar-refractivity contribution in [2.24, 2.45) is 5.14 Å². The SMILES string of the molecule is CN(C)C[C@@H]1COc2ccccc2CN1C(=O)Cc1ccc(S(N)(=O)=O)cc1. The molecule has 0 saturated carbocycles. The number of sulfonamides is 1. The van der Waals surface area contributed by atoms with E-state index in [1.54, 1.807) is 12.1 Å². The summed E-state index contributed by atoms with van der Waals surface area (Å²) >= 11 is 0. The van der Waals surface area contributed by atoms with Crippen molar-refractivity contribution >= 4 is 15.9 Å². The fourth-order valence-corrected chi connectivity index (χ4v) is 3.82. The lowest BCUT2D eigenvalue weighted by Crippen LogP contribution is -2.47. The van der Waals surface area contributed by atoms with E-state index in [0.717, 1.165) is 16.9 Å². The minimum absolute atomic E-state index is 0.0319. The van der Waals surface area contributed by atoms with E-state index >= 15 is 0 Å². The summed E-state index contributed by atoms with van der Waals surface area (Å²) in [5, 5.41) is 5.13. The van der Waals surface area contributed by atoms with Crippen LogP contribution in [0.1, 0.15) is 11.1 Å². The number of carbonyl (C=O) groups excluding carboxylic acids is 1. The van der Waals surface area contributed by atoms with Gasteiger partial charge in [0.15, 0.2) is 0 Å². The normalized spacial score (nSPS) is 17.0. The van der Waals surface area contributed by atoms with Gasteiger partial charge < -0.3 is 14.5 Å². The molecule has 1 heterocycles. The first-order valence-corrected chi connectivity index (χ1v) is 10.6. The standard InChI is InChI=1S/C20H25N3O4S/c1-22(2)13-17-14-27-19-6-4-3-5-16(19)12-23(17)20(24)11-15-7-9-18(10-8-15)28(21,25)26/h3-10,17H,11-14H2,1-2H3,(H2,21,25,26)/t17-/m1/s1. The van der Waals surface area contributed by atoms with Crippen molar-refractivity contribution in [3.8, 4) is 5.75 Å². The molecular weight excluding hydrogens is 378 g/mol. The average molecular weight is 404 g/mol. The maximum atomic E-state index is 13.1. The largest absolute Gasteiger partial charge is 0.491 e. The Morgan fingerprint density at radius 3 is 2.50 bits per heavy atom. The highest BCUT2D eigenvalue weighted by atomic mass is 32.2. The number of ether oxygens (including phenoxy) is 1. The number of primary sulfonamides is 1. The van der Waals surface area contributed by atoms with Gasteiger partial charge >= 0.3 is 0 Å². The van der Waals surface area contributed by atoms with Crippen LogP contribution in [0.5, 0.6) is 5.75 Å². The summed E-state index contributed by atoms with van der Waals surface area (Å²) in [4.78, 5) is 17.0. The van der Waals surface area contributed by atoms with Gasteiger partial charge in [-0.05, 0) is 37.9 Å². The fraction of sp³-hybridized carbons (Fsp3) is 0.350. The second kappa shape index (κ2) is 8.30. The molecule has 0 aromatic heterocycles. The van der Waals surface area contributed by atoms with Crippen molar-refractivity contribution in [1.29, 1.82) is 0 Å². The second-order valence-corrected chi connectivity index (χ2v) is 8.78. The predicted octanol–water partition coefficient (Wildman–Crippen LogP) is 1.23. The zero-order valence-corrected chi connectivity index (χ0v) is 16.9. The highest BCUT2D eigenvalue weighted by molar-refractivity contribution is 7.89. The average Bonchev–Trinajstić information content (AvgIpc) is 2.81. The Hall–Kier alpha value is -2.42. The maximum absolute atomic E-state index is 13.1. The maximum Gasteiger partial charge on any atom is 0.238 e. The molecule has 8 heteroatoms. The van der Waals surface area contributed by atoms with E-state index in [1.165, 1.54) is 12.1 Å². The third kappa shape index (κ3) is 4.89. The van der Waals surface area contributed by atoms with Gasteiger partial charge in [-0.15, -0.1) is 0 Å². The first kappa shape index (κ1) is 20.3. The smallest absolute Gasteiger partial charge is 0.238 e. The molecule has 1 atom stereocenters. The van der Waals surface area contributed by atoms with Gasteiger partial charge in [0.1, 0.15) is 12.4 Å². The zero-order valence-electron chi connectivity index (χ0n) is 16.0. The molecular formula is C20H25N3O4S. The lowest BCUT2D eigenvalue weighted by molar-refractivity contribution is -0.134. The molecule has 28 heavy (non-hydrogen) atoms. The van der Waals surface area contributed by atoms with E-state index in [-0.39, 0.29) is 23.3 Å².